The Hall–Kier alpha value is -0.610. The van der Waals surface area contributed by atoms with Crippen LogP contribution in [0.1, 0.15) is 51.0 Å². The Morgan fingerprint density at radius 1 is 1.21 bits per heavy atom. The van der Waals surface area contributed by atoms with Gasteiger partial charge < -0.3 is 10.5 Å². The number of hydrogen-bond donors (Lipinski definition) is 1. The predicted octanol–water partition coefficient (Wildman–Crippen LogP) is 4.82. The van der Waals surface area contributed by atoms with Crippen LogP contribution in [-0.2, 0) is 0 Å². The van der Waals surface area contributed by atoms with Crippen molar-refractivity contribution < 1.29 is 4.74 Å². The lowest BCUT2D eigenvalue weighted by Crippen LogP contribution is -2.09. The molecule has 0 unspecified atom stereocenters. The van der Waals surface area contributed by atoms with Gasteiger partial charge in [0, 0.05) is 5.56 Å². The Balaban J connectivity index is 2.28. The van der Waals surface area contributed by atoms with Gasteiger partial charge >= 0.3 is 0 Å². The molecule has 0 saturated carbocycles. The van der Waals surface area contributed by atoms with Crippen LogP contribution >= 0.6 is 28.1 Å². The molecule has 2 N–H and O–H groups in total. The van der Waals surface area contributed by atoms with Crippen molar-refractivity contribution >= 4 is 33.1 Å². The molecule has 0 bridgehead atoms. The Bertz CT molecular complexity index is 409. The molecule has 106 valence electrons. The van der Waals surface area contributed by atoms with Crippen molar-refractivity contribution in [2.75, 3.05) is 6.61 Å². The Morgan fingerprint density at radius 2 is 1.89 bits per heavy atom. The van der Waals surface area contributed by atoms with Crippen molar-refractivity contribution in [1.29, 1.82) is 0 Å². The first kappa shape index (κ1) is 16.4. The number of halogens is 1. The first-order valence-corrected chi connectivity index (χ1v) is 8.07. The lowest BCUT2D eigenvalue weighted by molar-refractivity contribution is 0.302. The second-order valence-corrected chi connectivity index (χ2v) is 5.92. The van der Waals surface area contributed by atoms with E-state index in [0.717, 1.165) is 28.8 Å². The van der Waals surface area contributed by atoms with Crippen LogP contribution in [0, 0.1) is 0 Å². The number of unbranched alkanes of at least 4 members (excludes halogenated alkanes) is 5. The molecule has 0 heterocycles. The third kappa shape index (κ3) is 6.39. The van der Waals surface area contributed by atoms with Crippen molar-refractivity contribution in [2.45, 2.75) is 45.4 Å². The summed E-state index contributed by atoms with van der Waals surface area (Å²) >= 11 is 8.42. The van der Waals surface area contributed by atoms with E-state index in [0.29, 0.717) is 4.99 Å². The van der Waals surface area contributed by atoms with Gasteiger partial charge in [-0.2, -0.15) is 0 Å². The molecule has 0 fully saturated rings. The highest BCUT2D eigenvalue weighted by atomic mass is 79.9. The molecule has 0 aromatic heterocycles. The average molecular weight is 344 g/mol. The summed E-state index contributed by atoms with van der Waals surface area (Å²) in [6.07, 6.45) is 7.61. The quantitative estimate of drug-likeness (QED) is 0.515. The molecule has 0 aliphatic rings. The van der Waals surface area contributed by atoms with Crippen LogP contribution in [0.25, 0.3) is 0 Å². The van der Waals surface area contributed by atoms with Gasteiger partial charge in [0.2, 0.25) is 0 Å². The SMILES string of the molecule is CCCCCCCCOc1ccc(C(N)=S)cc1Br. The largest absolute Gasteiger partial charge is 0.492 e. The van der Waals surface area contributed by atoms with E-state index in [1.54, 1.807) is 0 Å². The third-order valence-corrected chi connectivity index (χ3v) is 3.83. The zero-order valence-electron chi connectivity index (χ0n) is 11.5. The van der Waals surface area contributed by atoms with Gasteiger partial charge in [-0.3, -0.25) is 0 Å². The smallest absolute Gasteiger partial charge is 0.133 e. The maximum Gasteiger partial charge on any atom is 0.133 e. The van der Waals surface area contributed by atoms with Gasteiger partial charge in [-0.1, -0.05) is 51.2 Å². The summed E-state index contributed by atoms with van der Waals surface area (Å²) < 4.78 is 6.65. The second kappa shape index (κ2) is 9.32. The predicted molar refractivity (Wildman–Crippen MR) is 88.9 cm³/mol. The van der Waals surface area contributed by atoms with Crippen molar-refractivity contribution in [1.82, 2.24) is 0 Å². The highest BCUT2D eigenvalue weighted by molar-refractivity contribution is 9.10. The van der Waals surface area contributed by atoms with E-state index in [1.165, 1.54) is 32.1 Å². The van der Waals surface area contributed by atoms with Crippen LogP contribution < -0.4 is 10.5 Å². The first-order chi connectivity index (χ1) is 9.15. The fourth-order valence-corrected chi connectivity index (χ4v) is 2.46. The van der Waals surface area contributed by atoms with Crippen LogP contribution in [-0.4, -0.2) is 11.6 Å². The summed E-state index contributed by atoms with van der Waals surface area (Å²) in [7, 11) is 0. The lowest BCUT2D eigenvalue weighted by atomic mass is 10.1. The van der Waals surface area contributed by atoms with E-state index in [-0.39, 0.29) is 0 Å². The topological polar surface area (TPSA) is 35.2 Å². The number of thiocarbonyl (C=S) groups is 1. The Morgan fingerprint density at radius 3 is 2.53 bits per heavy atom. The summed E-state index contributed by atoms with van der Waals surface area (Å²) in [6, 6.07) is 5.71. The average Bonchev–Trinajstić information content (AvgIpc) is 2.39. The summed E-state index contributed by atoms with van der Waals surface area (Å²) in [5, 5.41) is 0. The molecule has 0 spiro atoms. The molecule has 1 aromatic carbocycles. The zero-order valence-corrected chi connectivity index (χ0v) is 13.9. The minimum atomic E-state index is 0.406. The Kier molecular flexibility index (Phi) is 8.07. The Labute approximate surface area is 129 Å². The van der Waals surface area contributed by atoms with E-state index >= 15 is 0 Å². The molecule has 1 rings (SSSR count). The van der Waals surface area contributed by atoms with E-state index in [4.69, 9.17) is 22.7 Å². The number of rotatable bonds is 9. The number of hydrogen-bond acceptors (Lipinski definition) is 2. The summed E-state index contributed by atoms with van der Waals surface area (Å²) in [5.74, 6) is 0.855. The molecule has 2 nitrogen and oxygen atoms in total. The van der Waals surface area contributed by atoms with E-state index in [9.17, 15) is 0 Å². The van der Waals surface area contributed by atoms with Crippen molar-refractivity contribution in [3.05, 3.63) is 28.2 Å². The molecule has 1 aromatic rings. The molecular weight excluding hydrogens is 322 g/mol. The molecule has 0 aliphatic heterocycles. The molecule has 0 radical (unpaired) electrons. The molecule has 0 amide bonds. The van der Waals surface area contributed by atoms with Gasteiger partial charge in [0.1, 0.15) is 10.7 Å². The van der Waals surface area contributed by atoms with Gasteiger partial charge in [-0.05, 0) is 40.5 Å². The van der Waals surface area contributed by atoms with E-state index in [1.807, 2.05) is 18.2 Å². The van der Waals surface area contributed by atoms with Crippen LogP contribution in [0.4, 0.5) is 0 Å². The fourth-order valence-electron chi connectivity index (χ4n) is 1.84. The van der Waals surface area contributed by atoms with Crippen LogP contribution in [0.15, 0.2) is 22.7 Å². The standard InChI is InChI=1S/C15H22BrNOS/c1-2-3-4-5-6-7-10-18-14-9-8-12(15(17)19)11-13(14)16/h8-9,11H,2-7,10H2,1H3,(H2,17,19). The maximum atomic E-state index is 5.75. The van der Waals surface area contributed by atoms with Crippen molar-refractivity contribution in [2.24, 2.45) is 5.73 Å². The minimum Gasteiger partial charge on any atom is -0.492 e. The first-order valence-electron chi connectivity index (χ1n) is 6.87. The molecule has 0 saturated heterocycles. The van der Waals surface area contributed by atoms with E-state index in [2.05, 4.69) is 22.9 Å². The summed E-state index contributed by atoms with van der Waals surface area (Å²) in [5.41, 5.74) is 6.44. The van der Waals surface area contributed by atoms with Crippen molar-refractivity contribution in [3.8, 4) is 5.75 Å². The number of ether oxygens (including phenoxy) is 1. The van der Waals surface area contributed by atoms with Crippen LogP contribution in [0.3, 0.4) is 0 Å². The monoisotopic (exact) mass is 343 g/mol. The number of nitrogens with two attached hydrogens (primary N) is 1. The molecule has 19 heavy (non-hydrogen) atoms. The maximum absolute atomic E-state index is 5.75. The van der Waals surface area contributed by atoms with Crippen LogP contribution in [0.2, 0.25) is 0 Å². The van der Waals surface area contributed by atoms with Crippen LogP contribution in [0.5, 0.6) is 5.75 Å². The minimum absolute atomic E-state index is 0.406. The van der Waals surface area contributed by atoms with Gasteiger partial charge in [-0.15, -0.1) is 0 Å². The van der Waals surface area contributed by atoms with Gasteiger partial charge in [0.25, 0.3) is 0 Å². The summed E-state index contributed by atoms with van der Waals surface area (Å²) in [6.45, 7) is 2.99. The van der Waals surface area contributed by atoms with Gasteiger partial charge in [-0.25, -0.2) is 0 Å². The number of benzene rings is 1. The lowest BCUT2D eigenvalue weighted by Gasteiger charge is -2.09. The molecular formula is C15H22BrNOS. The molecule has 0 aliphatic carbocycles. The normalized spacial score (nSPS) is 10.4. The van der Waals surface area contributed by atoms with Gasteiger partial charge in [0.15, 0.2) is 0 Å². The fraction of sp³-hybridized carbons (Fsp3) is 0.533. The van der Waals surface area contributed by atoms with Gasteiger partial charge in [0.05, 0.1) is 11.1 Å². The van der Waals surface area contributed by atoms with Crippen molar-refractivity contribution in [3.63, 3.8) is 0 Å². The second-order valence-electron chi connectivity index (χ2n) is 4.63. The molecule has 4 heteroatoms. The zero-order chi connectivity index (χ0) is 14.1. The molecule has 0 atom stereocenters. The summed E-state index contributed by atoms with van der Waals surface area (Å²) in [4.78, 5) is 0.406. The third-order valence-electron chi connectivity index (χ3n) is 2.97. The highest BCUT2D eigenvalue weighted by Crippen LogP contribution is 2.26. The highest BCUT2D eigenvalue weighted by Gasteiger charge is 2.04. The van der Waals surface area contributed by atoms with E-state index < -0.39 is 0 Å².